The van der Waals surface area contributed by atoms with Crippen LogP contribution in [0.1, 0.15) is 6.92 Å². The van der Waals surface area contributed by atoms with Crippen LogP contribution >= 0.6 is 11.5 Å². The third-order valence-corrected chi connectivity index (χ3v) is 4.59. The van der Waals surface area contributed by atoms with E-state index in [0.717, 1.165) is 15.8 Å². The Balaban J connectivity index is 3.29. The molecule has 0 aliphatic heterocycles. The molecule has 0 aromatic carbocycles. The summed E-state index contributed by atoms with van der Waals surface area (Å²) in [5.41, 5.74) is 5.55. The molecular formula is C7H14N4O2S2. The van der Waals surface area contributed by atoms with Crippen molar-refractivity contribution in [2.24, 2.45) is 0 Å². The van der Waals surface area contributed by atoms with Crippen LogP contribution in [0.2, 0.25) is 0 Å². The summed E-state index contributed by atoms with van der Waals surface area (Å²) in [7, 11) is -0.602. The molecule has 1 rings (SSSR count). The van der Waals surface area contributed by atoms with Gasteiger partial charge in [0.1, 0.15) is 5.00 Å². The summed E-state index contributed by atoms with van der Waals surface area (Å²) >= 11 is 1.05. The van der Waals surface area contributed by atoms with Crippen LogP contribution in [0.25, 0.3) is 0 Å². The van der Waals surface area contributed by atoms with Crippen molar-refractivity contribution >= 4 is 32.4 Å². The molecule has 0 spiro atoms. The maximum absolute atomic E-state index is 11.9. The minimum absolute atomic E-state index is 0.0460. The van der Waals surface area contributed by atoms with Gasteiger partial charge in [-0.3, -0.25) is 0 Å². The van der Waals surface area contributed by atoms with Crippen LogP contribution in [-0.2, 0) is 10.0 Å². The monoisotopic (exact) mass is 250 g/mol. The number of nitrogens with two attached hydrogens (primary N) is 1. The summed E-state index contributed by atoms with van der Waals surface area (Å²) in [5.74, 6) is 0.0460. The third-order valence-electron chi connectivity index (χ3n) is 1.75. The van der Waals surface area contributed by atoms with Crippen molar-refractivity contribution < 1.29 is 8.42 Å². The van der Waals surface area contributed by atoms with Crippen molar-refractivity contribution in [1.82, 2.24) is 8.68 Å². The van der Waals surface area contributed by atoms with Crippen LogP contribution in [0.3, 0.4) is 0 Å². The Hall–Kier alpha value is -0.860. The Morgan fingerprint density at radius 1 is 1.53 bits per heavy atom. The van der Waals surface area contributed by atoms with E-state index in [0.29, 0.717) is 11.5 Å². The first-order valence-corrected chi connectivity index (χ1v) is 6.54. The van der Waals surface area contributed by atoms with Crippen molar-refractivity contribution in [3.8, 4) is 0 Å². The van der Waals surface area contributed by atoms with E-state index >= 15 is 0 Å². The first kappa shape index (κ1) is 12.2. The largest absolute Gasteiger partial charge is 0.382 e. The smallest absolute Gasteiger partial charge is 0.249 e. The molecule has 0 saturated heterocycles. The molecule has 3 N–H and O–H groups in total. The number of rotatable bonds is 4. The maximum Gasteiger partial charge on any atom is 0.249 e. The Bertz CT molecular complexity index is 438. The summed E-state index contributed by atoms with van der Waals surface area (Å²) in [5, 5.41) is 3.42. The third kappa shape index (κ3) is 2.21. The topological polar surface area (TPSA) is 88.3 Å². The second-order valence-corrected chi connectivity index (χ2v) is 5.91. The van der Waals surface area contributed by atoms with Crippen molar-refractivity contribution in [2.75, 3.05) is 31.7 Å². The molecule has 8 heteroatoms. The lowest BCUT2D eigenvalue weighted by Gasteiger charge is -2.12. The van der Waals surface area contributed by atoms with E-state index in [1.807, 2.05) is 6.92 Å². The van der Waals surface area contributed by atoms with Crippen molar-refractivity contribution in [3.63, 3.8) is 0 Å². The fraction of sp³-hybridized carbons (Fsp3) is 0.571. The molecule has 0 unspecified atom stereocenters. The number of aromatic nitrogens is 1. The summed E-state index contributed by atoms with van der Waals surface area (Å²) in [6.07, 6.45) is 0. The lowest BCUT2D eigenvalue weighted by atomic mass is 10.6. The van der Waals surface area contributed by atoms with Gasteiger partial charge in [-0.15, -0.1) is 0 Å². The zero-order valence-corrected chi connectivity index (χ0v) is 10.4. The molecule has 1 aromatic rings. The van der Waals surface area contributed by atoms with Gasteiger partial charge in [0.05, 0.1) is 0 Å². The van der Waals surface area contributed by atoms with Crippen LogP contribution in [-0.4, -0.2) is 37.7 Å². The SMILES string of the molecule is CCNc1snc(N)c1S(=O)(=O)N(C)C. The van der Waals surface area contributed by atoms with Gasteiger partial charge in [-0.2, -0.15) is 4.37 Å². The first-order valence-electron chi connectivity index (χ1n) is 4.32. The fourth-order valence-corrected chi connectivity index (χ4v) is 3.14. The van der Waals surface area contributed by atoms with Gasteiger partial charge in [0.15, 0.2) is 10.7 Å². The summed E-state index contributed by atoms with van der Waals surface area (Å²) < 4.78 is 28.7. The molecule has 0 aliphatic carbocycles. The highest BCUT2D eigenvalue weighted by molar-refractivity contribution is 7.89. The molecule has 0 fully saturated rings. The normalized spacial score (nSPS) is 12.0. The highest BCUT2D eigenvalue weighted by Crippen LogP contribution is 2.32. The average molecular weight is 250 g/mol. The van der Waals surface area contributed by atoms with E-state index < -0.39 is 10.0 Å². The van der Waals surface area contributed by atoms with E-state index in [-0.39, 0.29) is 10.7 Å². The molecular weight excluding hydrogens is 236 g/mol. The van der Waals surface area contributed by atoms with E-state index in [1.165, 1.54) is 14.1 Å². The molecule has 86 valence electrons. The Labute approximate surface area is 93.3 Å². The predicted molar refractivity (Wildman–Crippen MR) is 61.6 cm³/mol. The van der Waals surface area contributed by atoms with Gasteiger partial charge < -0.3 is 11.1 Å². The van der Waals surface area contributed by atoms with Crippen LogP contribution in [0.15, 0.2) is 4.90 Å². The summed E-state index contributed by atoms with van der Waals surface area (Å²) in [6.45, 7) is 2.50. The second-order valence-electron chi connectivity index (χ2n) is 3.04. The van der Waals surface area contributed by atoms with Gasteiger partial charge in [-0.05, 0) is 18.5 Å². The molecule has 15 heavy (non-hydrogen) atoms. The number of nitrogen functional groups attached to an aromatic ring is 1. The zero-order valence-electron chi connectivity index (χ0n) is 8.81. The van der Waals surface area contributed by atoms with Crippen molar-refractivity contribution in [1.29, 1.82) is 0 Å². The number of hydrogen-bond donors (Lipinski definition) is 2. The lowest BCUT2D eigenvalue weighted by molar-refractivity contribution is 0.521. The Morgan fingerprint density at radius 3 is 2.60 bits per heavy atom. The number of hydrogen-bond acceptors (Lipinski definition) is 6. The molecule has 1 heterocycles. The van der Waals surface area contributed by atoms with Gasteiger partial charge in [-0.1, -0.05) is 0 Å². The fourth-order valence-electron chi connectivity index (χ4n) is 0.999. The van der Waals surface area contributed by atoms with E-state index in [1.54, 1.807) is 0 Å². The van der Waals surface area contributed by atoms with Crippen LogP contribution in [0.5, 0.6) is 0 Å². The van der Waals surface area contributed by atoms with Gasteiger partial charge >= 0.3 is 0 Å². The molecule has 0 bridgehead atoms. The molecule has 0 aliphatic rings. The molecule has 0 atom stereocenters. The lowest BCUT2D eigenvalue weighted by Crippen LogP contribution is -2.23. The van der Waals surface area contributed by atoms with Gasteiger partial charge in [-0.25, -0.2) is 12.7 Å². The van der Waals surface area contributed by atoms with Crippen molar-refractivity contribution in [2.45, 2.75) is 11.8 Å². The van der Waals surface area contributed by atoms with E-state index in [4.69, 9.17) is 5.73 Å². The average Bonchev–Trinajstić information content (AvgIpc) is 2.48. The van der Waals surface area contributed by atoms with Gasteiger partial charge in [0.2, 0.25) is 10.0 Å². The van der Waals surface area contributed by atoms with Crippen molar-refractivity contribution in [3.05, 3.63) is 0 Å². The Kier molecular flexibility index (Phi) is 3.53. The molecule has 0 radical (unpaired) electrons. The highest BCUT2D eigenvalue weighted by atomic mass is 32.2. The number of nitrogens with zero attached hydrogens (tertiary/aromatic N) is 2. The van der Waals surface area contributed by atoms with Crippen LogP contribution < -0.4 is 11.1 Å². The summed E-state index contributed by atoms with van der Waals surface area (Å²) in [4.78, 5) is 0.0688. The molecule has 0 saturated carbocycles. The van der Waals surface area contributed by atoms with Crippen LogP contribution in [0.4, 0.5) is 10.8 Å². The zero-order chi connectivity index (χ0) is 11.6. The van der Waals surface area contributed by atoms with Gasteiger partial charge in [0.25, 0.3) is 0 Å². The number of anilines is 2. The minimum Gasteiger partial charge on any atom is -0.382 e. The molecule has 0 amide bonds. The van der Waals surface area contributed by atoms with Crippen LogP contribution in [0, 0.1) is 0 Å². The molecule has 6 nitrogen and oxygen atoms in total. The minimum atomic E-state index is -3.52. The second kappa shape index (κ2) is 4.33. The predicted octanol–water partition coefficient (Wildman–Crippen LogP) is 0.407. The van der Waals surface area contributed by atoms with E-state index in [2.05, 4.69) is 9.69 Å². The summed E-state index contributed by atoms with van der Waals surface area (Å²) in [6, 6.07) is 0. The quantitative estimate of drug-likeness (QED) is 0.808. The first-order chi connectivity index (χ1) is 6.91. The van der Waals surface area contributed by atoms with Gasteiger partial charge in [0, 0.05) is 20.6 Å². The maximum atomic E-state index is 11.9. The highest BCUT2D eigenvalue weighted by Gasteiger charge is 2.27. The number of sulfonamides is 1. The van der Waals surface area contributed by atoms with E-state index in [9.17, 15) is 8.42 Å². The molecule has 1 aromatic heterocycles. The standard InChI is InChI=1S/C7H14N4O2S2/c1-4-9-7-5(6(8)10-14-7)15(12,13)11(2)3/h9H,4H2,1-3H3,(H2,8,10). The Morgan fingerprint density at radius 2 is 2.13 bits per heavy atom. The number of nitrogens with one attached hydrogen (secondary N) is 1.